The van der Waals surface area contributed by atoms with E-state index in [2.05, 4.69) is 0 Å². The summed E-state index contributed by atoms with van der Waals surface area (Å²) in [5.41, 5.74) is 9.24. The normalized spacial score (nSPS) is 13.4. The van der Waals surface area contributed by atoms with Crippen molar-refractivity contribution in [3.63, 3.8) is 0 Å². The van der Waals surface area contributed by atoms with Crippen molar-refractivity contribution >= 4 is 5.69 Å². The van der Waals surface area contributed by atoms with Crippen LogP contribution in [0.5, 0.6) is 11.5 Å². The monoisotopic (exact) mass is 243 g/mol. The van der Waals surface area contributed by atoms with E-state index < -0.39 is 0 Å². The number of halogens is 1. The highest BCUT2D eigenvalue weighted by molar-refractivity contribution is 5.59. The highest BCUT2D eigenvalue weighted by atomic mass is 19.1. The lowest BCUT2D eigenvalue weighted by atomic mass is 10.1. The van der Waals surface area contributed by atoms with E-state index in [-0.39, 0.29) is 5.82 Å². The molecule has 0 saturated carbocycles. The summed E-state index contributed by atoms with van der Waals surface area (Å²) in [4.78, 5) is 0. The van der Waals surface area contributed by atoms with Crippen molar-refractivity contribution in [1.29, 1.82) is 0 Å². The van der Waals surface area contributed by atoms with Crippen LogP contribution >= 0.6 is 0 Å². The molecule has 0 atom stereocenters. The zero-order valence-corrected chi connectivity index (χ0v) is 9.95. The van der Waals surface area contributed by atoms with Crippen LogP contribution in [0.15, 0.2) is 36.4 Å². The summed E-state index contributed by atoms with van der Waals surface area (Å²) >= 11 is 0. The lowest BCUT2D eigenvalue weighted by molar-refractivity contribution is 0.482. The van der Waals surface area contributed by atoms with Gasteiger partial charge in [0.15, 0.2) is 5.75 Å². The first-order chi connectivity index (χ1) is 8.72. The van der Waals surface area contributed by atoms with Crippen molar-refractivity contribution < 1.29 is 9.13 Å². The second-order valence-electron chi connectivity index (χ2n) is 4.57. The fourth-order valence-corrected chi connectivity index (χ4v) is 2.34. The molecule has 1 aliphatic rings. The van der Waals surface area contributed by atoms with E-state index in [1.165, 1.54) is 29.7 Å². The molecule has 0 spiro atoms. The molecule has 3 heteroatoms. The van der Waals surface area contributed by atoms with Crippen LogP contribution < -0.4 is 10.5 Å². The van der Waals surface area contributed by atoms with E-state index in [1.54, 1.807) is 12.1 Å². The molecule has 0 aliphatic heterocycles. The first-order valence-corrected chi connectivity index (χ1v) is 6.07. The molecule has 0 saturated heterocycles. The Kier molecular flexibility index (Phi) is 2.67. The van der Waals surface area contributed by atoms with Gasteiger partial charge in [-0.05, 0) is 66.8 Å². The lowest BCUT2D eigenvalue weighted by Crippen LogP contribution is -1.95. The minimum absolute atomic E-state index is 0.274. The quantitative estimate of drug-likeness (QED) is 0.816. The van der Waals surface area contributed by atoms with E-state index in [0.29, 0.717) is 17.2 Å². The fraction of sp³-hybridized carbons (Fsp3) is 0.200. The Morgan fingerprint density at radius 3 is 2.39 bits per heavy atom. The van der Waals surface area contributed by atoms with E-state index in [4.69, 9.17) is 10.5 Å². The summed E-state index contributed by atoms with van der Waals surface area (Å²) < 4.78 is 18.5. The fourth-order valence-electron chi connectivity index (χ4n) is 2.34. The molecule has 0 heterocycles. The Balaban J connectivity index is 1.90. The average Bonchev–Trinajstić information content (AvgIpc) is 2.79. The maximum Gasteiger partial charge on any atom is 0.150 e. The first kappa shape index (κ1) is 11.1. The van der Waals surface area contributed by atoms with Gasteiger partial charge in [-0.3, -0.25) is 0 Å². The number of anilines is 1. The molecule has 0 amide bonds. The predicted molar refractivity (Wildman–Crippen MR) is 69.4 cm³/mol. The number of ether oxygens (including phenoxy) is 1. The molecule has 2 aromatic carbocycles. The summed E-state index contributed by atoms with van der Waals surface area (Å²) in [5, 5.41) is 0. The van der Waals surface area contributed by atoms with Gasteiger partial charge in [-0.1, -0.05) is 0 Å². The summed E-state index contributed by atoms with van der Waals surface area (Å²) in [6.07, 6.45) is 3.35. The Labute approximate surface area is 105 Å². The molecule has 0 unspecified atom stereocenters. The minimum Gasteiger partial charge on any atom is -0.455 e. The zero-order valence-electron chi connectivity index (χ0n) is 9.95. The molecule has 92 valence electrons. The van der Waals surface area contributed by atoms with Gasteiger partial charge in [-0.15, -0.1) is 0 Å². The molecule has 0 radical (unpaired) electrons. The molecule has 0 aromatic heterocycles. The topological polar surface area (TPSA) is 35.2 Å². The summed E-state index contributed by atoms with van der Waals surface area (Å²) in [6.45, 7) is 0. The van der Waals surface area contributed by atoms with Crippen molar-refractivity contribution in [1.82, 2.24) is 0 Å². The van der Waals surface area contributed by atoms with Crippen LogP contribution in [0.25, 0.3) is 0 Å². The maximum absolute atomic E-state index is 12.8. The number of nitrogens with two attached hydrogens (primary N) is 1. The number of aryl methyl sites for hydroxylation is 2. The second kappa shape index (κ2) is 4.33. The van der Waals surface area contributed by atoms with Gasteiger partial charge < -0.3 is 10.5 Å². The SMILES string of the molecule is Nc1cc2c(cc1Oc1ccc(F)cc1)CCC2. The number of benzene rings is 2. The lowest BCUT2D eigenvalue weighted by Gasteiger charge is -2.10. The second-order valence-corrected chi connectivity index (χ2v) is 4.57. The van der Waals surface area contributed by atoms with Crippen LogP contribution in [0.2, 0.25) is 0 Å². The van der Waals surface area contributed by atoms with Crippen LogP contribution in [0.4, 0.5) is 10.1 Å². The van der Waals surface area contributed by atoms with Crippen molar-refractivity contribution in [2.24, 2.45) is 0 Å². The molecule has 18 heavy (non-hydrogen) atoms. The van der Waals surface area contributed by atoms with Gasteiger partial charge in [-0.25, -0.2) is 4.39 Å². The van der Waals surface area contributed by atoms with E-state index in [1.807, 2.05) is 12.1 Å². The Morgan fingerprint density at radius 2 is 1.67 bits per heavy atom. The predicted octanol–water partition coefficient (Wildman–Crippen LogP) is 3.69. The molecule has 2 nitrogen and oxygen atoms in total. The van der Waals surface area contributed by atoms with Crippen LogP contribution in [0.3, 0.4) is 0 Å². The molecule has 0 fully saturated rings. The molecule has 2 N–H and O–H groups in total. The minimum atomic E-state index is -0.274. The van der Waals surface area contributed by atoms with Gasteiger partial charge in [0.05, 0.1) is 5.69 Å². The van der Waals surface area contributed by atoms with Crippen LogP contribution in [-0.4, -0.2) is 0 Å². The van der Waals surface area contributed by atoms with E-state index >= 15 is 0 Å². The third kappa shape index (κ3) is 2.04. The number of rotatable bonds is 2. The average molecular weight is 243 g/mol. The zero-order chi connectivity index (χ0) is 12.5. The molecule has 3 rings (SSSR count). The molecule has 1 aliphatic carbocycles. The molecule has 0 bridgehead atoms. The van der Waals surface area contributed by atoms with Gasteiger partial charge >= 0.3 is 0 Å². The number of hydrogen-bond donors (Lipinski definition) is 1. The van der Waals surface area contributed by atoms with Crippen LogP contribution in [-0.2, 0) is 12.8 Å². The maximum atomic E-state index is 12.8. The highest BCUT2D eigenvalue weighted by Crippen LogP contribution is 2.34. The molecular formula is C15H14FNO. The Bertz CT molecular complexity index is 578. The van der Waals surface area contributed by atoms with E-state index in [9.17, 15) is 4.39 Å². The van der Waals surface area contributed by atoms with Crippen molar-refractivity contribution in [3.8, 4) is 11.5 Å². The van der Waals surface area contributed by atoms with Crippen molar-refractivity contribution in [2.45, 2.75) is 19.3 Å². The standard InChI is InChI=1S/C15H14FNO/c16-12-4-6-13(7-5-12)18-15-9-11-3-1-2-10(11)8-14(15)17/h4-9H,1-3,17H2. The van der Waals surface area contributed by atoms with Gasteiger partial charge in [0.1, 0.15) is 11.6 Å². The third-order valence-corrected chi connectivity index (χ3v) is 3.27. The van der Waals surface area contributed by atoms with Crippen LogP contribution in [0, 0.1) is 5.82 Å². The van der Waals surface area contributed by atoms with Crippen LogP contribution in [0.1, 0.15) is 17.5 Å². The van der Waals surface area contributed by atoms with Gasteiger partial charge in [0, 0.05) is 0 Å². The number of nitrogen functional groups attached to an aromatic ring is 1. The number of fused-ring (bicyclic) bond motifs is 1. The first-order valence-electron chi connectivity index (χ1n) is 6.07. The van der Waals surface area contributed by atoms with Gasteiger partial charge in [0.25, 0.3) is 0 Å². The van der Waals surface area contributed by atoms with Gasteiger partial charge in [-0.2, -0.15) is 0 Å². The number of hydrogen-bond acceptors (Lipinski definition) is 2. The van der Waals surface area contributed by atoms with Crippen molar-refractivity contribution in [2.75, 3.05) is 5.73 Å². The van der Waals surface area contributed by atoms with Crippen molar-refractivity contribution in [3.05, 3.63) is 53.3 Å². The van der Waals surface area contributed by atoms with Gasteiger partial charge in [0.2, 0.25) is 0 Å². The molecular weight excluding hydrogens is 229 g/mol. The third-order valence-electron chi connectivity index (χ3n) is 3.27. The molecule has 2 aromatic rings. The summed E-state index contributed by atoms with van der Waals surface area (Å²) in [5.74, 6) is 0.979. The highest BCUT2D eigenvalue weighted by Gasteiger charge is 2.14. The smallest absolute Gasteiger partial charge is 0.150 e. The largest absolute Gasteiger partial charge is 0.455 e. The Morgan fingerprint density at radius 1 is 1.00 bits per heavy atom. The summed E-state index contributed by atoms with van der Waals surface area (Å²) in [6, 6.07) is 9.93. The van der Waals surface area contributed by atoms with E-state index in [0.717, 1.165) is 12.8 Å². The Hall–Kier alpha value is -2.03. The summed E-state index contributed by atoms with van der Waals surface area (Å²) in [7, 11) is 0.